The number of aliphatic hydroxyl groups excluding tert-OH is 1. The Morgan fingerprint density at radius 3 is 2.32 bits per heavy atom. The van der Waals surface area contributed by atoms with Gasteiger partial charge in [-0.05, 0) is 42.7 Å². The molecule has 4 atom stereocenters. The zero-order valence-corrected chi connectivity index (χ0v) is 20.7. The first-order chi connectivity index (χ1) is 18.0. The summed E-state index contributed by atoms with van der Waals surface area (Å²) in [4.78, 5) is 52.3. The van der Waals surface area contributed by atoms with Gasteiger partial charge < -0.3 is 42.0 Å². The average molecular weight is 526 g/mol. The second-order valence-electron chi connectivity index (χ2n) is 8.94. The molecule has 12 heteroatoms. The van der Waals surface area contributed by atoms with Crippen molar-refractivity contribution in [3.8, 4) is 5.75 Å². The Kier molecular flexibility index (Phi) is 9.41. The number of H-pyrrole nitrogens is 1. The largest absolute Gasteiger partial charge is 0.508 e. The average Bonchev–Trinajstić information content (AvgIpc) is 3.29. The Balaban J connectivity index is 1.53. The van der Waals surface area contributed by atoms with Crippen LogP contribution in [0.25, 0.3) is 10.9 Å². The molecule has 1 aromatic heterocycles. The minimum absolute atomic E-state index is 0.0182. The van der Waals surface area contributed by atoms with E-state index in [9.17, 15) is 34.5 Å². The molecule has 0 aliphatic rings. The number of aliphatic hydroxyl groups is 1. The molecule has 0 radical (unpaired) electrons. The number of phenolic OH excluding ortho intramolecular Hbond substituents is 1. The molecular formula is C26H31N5O7. The van der Waals surface area contributed by atoms with E-state index in [1.54, 1.807) is 18.3 Å². The Labute approximate surface area is 218 Å². The Bertz CT molecular complexity index is 1290. The molecule has 3 rings (SSSR count). The topological polar surface area (TPSA) is 207 Å². The van der Waals surface area contributed by atoms with Crippen LogP contribution in [0.3, 0.4) is 0 Å². The molecule has 0 aliphatic heterocycles. The molecule has 3 aromatic rings. The maximum absolute atomic E-state index is 12.6. The van der Waals surface area contributed by atoms with Crippen molar-refractivity contribution in [3.63, 3.8) is 0 Å². The Hall–Kier alpha value is -4.42. The number of para-hydroxylation sites is 1. The summed E-state index contributed by atoms with van der Waals surface area (Å²) >= 11 is 0. The summed E-state index contributed by atoms with van der Waals surface area (Å²) in [5.74, 6) is -3.48. The van der Waals surface area contributed by atoms with Crippen LogP contribution in [-0.2, 0) is 32.0 Å². The van der Waals surface area contributed by atoms with Gasteiger partial charge >= 0.3 is 5.97 Å². The second-order valence-corrected chi connectivity index (χ2v) is 8.94. The van der Waals surface area contributed by atoms with Crippen LogP contribution in [0.2, 0.25) is 0 Å². The molecule has 0 saturated heterocycles. The van der Waals surface area contributed by atoms with Gasteiger partial charge in [-0.1, -0.05) is 30.3 Å². The van der Waals surface area contributed by atoms with Crippen molar-refractivity contribution in [3.05, 3.63) is 65.9 Å². The van der Waals surface area contributed by atoms with Gasteiger partial charge in [-0.15, -0.1) is 0 Å². The van der Waals surface area contributed by atoms with Gasteiger partial charge in [-0.25, -0.2) is 4.79 Å². The summed E-state index contributed by atoms with van der Waals surface area (Å²) in [6.45, 7) is 0.715. The molecule has 202 valence electrons. The lowest BCUT2D eigenvalue weighted by Gasteiger charge is -2.23. The fourth-order valence-corrected chi connectivity index (χ4v) is 3.89. The number of amides is 3. The second kappa shape index (κ2) is 12.7. The maximum atomic E-state index is 12.6. The number of aliphatic carboxylic acids is 1. The summed E-state index contributed by atoms with van der Waals surface area (Å²) < 4.78 is 0. The third-order valence-corrected chi connectivity index (χ3v) is 5.95. The van der Waals surface area contributed by atoms with Gasteiger partial charge in [0.25, 0.3) is 0 Å². The lowest BCUT2D eigenvalue weighted by molar-refractivity contribution is -0.141. The van der Waals surface area contributed by atoms with Crippen LogP contribution in [0.4, 0.5) is 0 Å². The van der Waals surface area contributed by atoms with Crippen molar-refractivity contribution in [1.82, 2.24) is 20.9 Å². The molecule has 38 heavy (non-hydrogen) atoms. The van der Waals surface area contributed by atoms with Crippen molar-refractivity contribution in [2.75, 3.05) is 6.54 Å². The van der Waals surface area contributed by atoms with E-state index in [-0.39, 0.29) is 18.6 Å². The maximum Gasteiger partial charge on any atom is 0.326 e. The first-order valence-corrected chi connectivity index (χ1v) is 11.9. The van der Waals surface area contributed by atoms with Crippen LogP contribution in [-0.4, -0.2) is 74.8 Å². The highest BCUT2D eigenvalue weighted by molar-refractivity contribution is 5.93. The SMILES string of the molecule is CC(O)C(NC(=O)C(N)Cc1ccc(O)cc1)C(=O)NCC(=O)NC(Cc1c[nH]c2ccccc12)C(=O)O. The molecule has 2 aromatic carbocycles. The van der Waals surface area contributed by atoms with Gasteiger partial charge in [-0.2, -0.15) is 0 Å². The number of fused-ring (bicyclic) bond motifs is 1. The van der Waals surface area contributed by atoms with Crippen molar-refractivity contribution in [1.29, 1.82) is 0 Å². The lowest BCUT2D eigenvalue weighted by atomic mass is 10.0. The smallest absolute Gasteiger partial charge is 0.326 e. The molecule has 0 spiro atoms. The Morgan fingerprint density at radius 2 is 1.66 bits per heavy atom. The van der Waals surface area contributed by atoms with Crippen molar-refractivity contribution < 1.29 is 34.5 Å². The molecular weight excluding hydrogens is 494 g/mol. The number of carboxylic acid groups (broad SMARTS) is 1. The lowest BCUT2D eigenvalue weighted by Crippen LogP contribution is -2.57. The molecule has 12 nitrogen and oxygen atoms in total. The van der Waals surface area contributed by atoms with Crippen molar-refractivity contribution >= 4 is 34.6 Å². The molecule has 1 heterocycles. The summed E-state index contributed by atoms with van der Waals surface area (Å²) in [5.41, 5.74) is 8.14. The predicted octanol–water partition coefficient (Wildman–Crippen LogP) is -0.463. The van der Waals surface area contributed by atoms with Gasteiger partial charge in [0.2, 0.25) is 17.7 Å². The number of aromatic hydroxyl groups is 1. The first-order valence-electron chi connectivity index (χ1n) is 11.9. The van der Waals surface area contributed by atoms with Crippen LogP contribution >= 0.6 is 0 Å². The van der Waals surface area contributed by atoms with Gasteiger partial charge in [0.15, 0.2) is 0 Å². The quantitative estimate of drug-likeness (QED) is 0.155. The van der Waals surface area contributed by atoms with Crippen LogP contribution in [0.5, 0.6) is 5.75 Å². The van der Waals surface area contributed by atoms with Gasteiger partial charge in [-0.3, -0.25) is 14.4 Å². The molecule has 0 bridgehead atoms. The number of nitrogens with two attached hydrogens (primary N) is 1. The molecule has 9 N–H and O–H groups in total. The number of carbonyl (C=O) groups is 4. The summed E-state index contributed by atoms with van der Waals surface area (Å²) in [6.07, 6.45) is 0.508. The highest BCUT2D eigenvalue weighted by Gasteiger charge is 2.29. The number of carboxylic acids is 1. The number of nitrogens with one attached hydrogen (secondary N) is 4. The summed E-state index contributed by atoms with van der Waals surface area (Å²) in [6, 6.07) is 9.76. The molecule has 0 saturated carbocycles. The van der Waals surface area contributed by atoms with E-state index < -0.39 is 54.5 Å². The van der Waals surface area contributed by atoms with Gasteiger partial charge in [0, 0.05) is 23.5 Å². The zero-order chi connectivity index (χ0) is 27.8. The van der Waals surface area contributed by atoms with Crippen LogP contribution in [0.1, 0.15) is 18.1 Å². The van der Waals surface area contributed by atoms with Crippen molar-refractivity contribution in [2.45, 2.75) is 44.0 Å². The fraction of sp³-hybridized carbons (Fsp3) is 0.308. The van der Waals surface area contributed by atoms with Gasteiger partial charge in [0.1, 0.15) is 17.8 Å². The summed E-state index contributed by atoms with van der Waals surface area (Å²) in [5, 5.41) is 36.9. The third kappa shape index (κ3) is 7.54. The van der Waals surface area contributed by atoms with E-state index in [0.717, 1.165) is 10.9 Å². The van der Waals surface area contributed by atoms with E-state index >= 15 is 0 Å². The third-order valence-electron chi connectivity index (χ3n) is 5.95. The Morgan fingerprint density at radius 1 is 0.974 bits per heavy atom. The minimum atomic E-state index is -1.40. The molecule has 0 aliphatic carbocycles. The van der Waals surface area contributed by atoms with Crippen LogP contribution in [0, 0.1) is 0 Å². The summed E-state index contributed by atoms with van der Waals surface area (Å²) in [7, 11) is 0. The standard InChI is InChI=1S/C26H31N5O7/c1-14(32)23(31-24(35)19(27)10-15-6-8-17(33)9-7-15)25(36)29-13-22(34)30-21(26(37)38)11-16-12-28-20-5-3-2-4-18(16)20/h2-9,12,14,19,21,23,28,32-33H,10-11,13,27H2,1H3,(H,29,36)(H,30,34)(H,31,35)(H,37,38). The highest BCUT2D eigenvalue weighted by Crippen LogP contribution is 2.19. The molecule has 3 amide bonds. The fourth-order valence-electron chi connectivity index (χ4n) is 3.89. The van der Waals surface area contributed by atoms with Crippen molar-refractivity contribution in [2.24, 2.45) is 5.73 Å². The number of hydrogen-bond donors (Lipinski definition) is 8. The first kappa shape index (κ1) is 28.2. The number of phenols is 1. The molecule has 4 unspecified atom stereocenters. The monoisotopic (exact) mass is 525 g/mol. The predicted molar refractivity (Wildman–Crippen MR) is 138 cm³/mol. The highest BCUT2D eigenvalue weighted by atomic mass is 16.4. The number of aromatic nitrogens is 1. The van der Waals surface area contributed by atoms with Gasteiger partial charge in [0.05, 0.1) is 18.7 Å². The van der Waals surface area contributed by atoms with E-state index in [0.29, 0.717) is 11.1 Å². The van der Waals surface area contributed by atoms with E-state index in [4.69, 9.17) is 5.73 Å². The number of hydrogen-bond acceptors (Lipinski definition) is 7. The van der Waals surface area contributed by atoms with Crippen LogP contribution < -0.4 is 21.7 Å². The minimum Gasteiger partial charge on any atom is -0.508 e. The normalized spacial score (nSPS) is 14.2. The van der Waals surface area contributed by atoms with Crippen LogP contribution in [0.15, 0.2) is 54.7 Å². The van der Waals surface area contributed by atoms with E-state index in [2.05, 4.69) is 20.9 Å². The number of benzene rings is 2. The van der Waals surface area contributed by atoms with E-state index in [1.165, 1.54) is 19.1 Å². The zero-order valence-electron chi connectivity index (χ0n) is 20.7. The number of rotatable bonds is 12. The number of carbonyl (C=O) groups excluding carboxylic acids is 3. The van der Waals surface area contributed by atoms with E-state index in [1.807, 2.05) is 24.3 Å². The number of aromatic amines is 1. The molecule has 0 fully saturated rings.